The molecule has 5 heteroatoms. The Morgan fingerprint density at radius 3 is 2.69 bits per heavy atom. The number of hydrogen-bond donors (Lipinski definition) is 0. The summed E-state index contributed by atoms with van der Waals surface area (Å²) < 4.78 is 1.65. The second kappa shape index (κ2) is 4.09. The molecule has 0 aromatic carbocycles. The molecule has 1 atom stereocenters. The van der Waals surface area contributed by atoms with E-state index in [-0.39, 0.29) is 5.91 Å². The van der Waals surface area contributed by atoms with Crippen LogP contribution in [0, 0.1) is 12.8 Å². The SMILES string of the molecule is Cc1nn(C)c(Cl)c1CN1CC(C)CC1=O. The number of halogens is 1. The Morgan fingerprint density at radius 1 is 1.56 bits per heavy atom. The molecule has 1 aliphatic rings. The lowest BCUT2D eigenvalue weighted by Crippen LogP contribution is -2.24. The number of carbonyl (C=O) groups excluding carboxylic acids is 1. The first-order valence-corrected chi connectivity index (χ1v) is 5.82. The number of amides is 1. The zero-order chi connectivity index (χ0) is 11.9. The van der Waals surface area contributed by atoms with Crippen LogP contribution in [-0.2, 0) is 18.4 Å². The predicted octanol–water partition coefficient (Wildman–Crippen LogP) is 1.75. The molecule has 0 N–H and O–H groups in total. The lowest BCUT2D eigenvalue weighted by atomic mass is 10.2. The molecule has 1 aliphatic heterocycles. The van der Waals surface area contributed by atoms with Crippen molar-refractivity contribution in [1.29, 1.82) is 0 Å². The first-order valence-electron chi connectivity index (χ1n) is 5.44. The molecule has 1 fully saturated rings. The normalized spacial score (nSPS) is 20.9. The molecular formula is C11H16ClN3O. The van der Waals surface area contributed by atoms with E-state index >= 15 is 0 Å². The van der Waals surface area contributed by atoms with Crippen LogP contribution in [0.15, 0.2) is 0 Å². The van der Waals surface area contributed by atoms with Gasteiger partial charge in [0, 0.05) is 25.6 Å². The van der Waals surface area contributed by atoms with Crippen LogP contribution in [0.3, 0.4) is 0 Å². The maximum Gasteiger partial charge on any atom is 0.223 e. The monoisotopic (exact) mass is 241 g/mol. The van der Waals surface area contributed by atoms with Crippen LogP contribution in [0.25, 0.3) is 0 Å². The molecule has 2 rings (SSSR count). The van der Waals surface area contributed by atoms with E-state index in [1.807, 2.05) is 18.9 Å². The number of aromatic nitrogens is 2. The lowest BCUT2D eigenvalue weighted by Gasteiger charge is -2.15. The van der Waals surface area contributed by atoms with E-state index in [1.54, 1.807) is 4.68 Å². The van der Waals surface area contributed by atoms with Gasteiger partial charge in [0.1, 0.15) is 5.15 Å². The van der Waals surface area contributed by atoms with Gasteiger partial charge in [-0.15, -0.1) is 0 Å². The van der Waals surface area contributed by atoms with E-state index in [9.17, 15) is 4.79 Å². The largest absolute Gasteiger partial charge is 0.338 e. The average Bonchev–Trinajstić information content (AvgIpc) is 2.62. The van der Waals surface area contributed by atoms with Gasteiger partial charge in [0.05, 0.1) is 12.2 Å². The van der Waals surface area contributed by atoms with Crippen LogP contribution in [0.2, 0.25) is 5.15 Å². The molecular weight excluding hydrogens is 226 g/mol. The molecule has 1 aromatic rings. The standard InChI is InChI=1S/C11H16ClN3O/c1-7-4-10(16)15(5-7)6-9-8(2)13-14(3)11(9)12/h7H,4-6H2,1-3H3. The van der Waals surface area contributed by atoms with Gasteiger partial charge in [-0.3, -0.25) is 9.48 Å². The second-order valence-corrected chi connectivity index (χ2v) is 4.92. The Kier molecular flexibility index (Phi) is 2.93. The van der Waals surface area contributed by atoms with Crippen molar-refractivity contribution in [1.82, 2.24) is 14.7 Å². The quantitative estimate of drug-likeness (QED) is 0.791. The van der Waals surface area contributed by atoms with Crippen molar-refractivity contribution in [3.8, 4) is 0 Å². The van der Waals surface area contributed by atoms with Gasteiger partial charge < -0.3 is 4.90 Å². The van der Waals surface area contributed by atoms with Crippen LogP contribution >= 0.6 is 11.6 Å². The first-order chi connectivity index (χ1) is 7.49. The van der Waals surface area contributed by atoms with Gasteiger partial charge in [0.2, 0.25) is 5.91 Å². The van der Waals surface area contributed by atoms with Crippen LogP contribution in [0.5, 0.6) is 0 Å². The molecule has 0 saturated carbocycles. The summed E-state index contributed by atoms with van der Waals surface area (Å²) in [5.74, 6) is 0.662. The van der Waals surface area contributed by atoms with Gasteiger partial charge in [-0.1, -0.05) is 18.5 Å². The van der Waals surface area contributed by atoms with E-state index in [2.05, 4.69) is 12.0 Å². The van der Waals surface area contributed by atoms with Crippen LogP contribution in [0.1, 0.15) is 24.6 Å². The third-order valence-electron chi connectivity index (χ3n) is 3.03. The molecule has 2 heterocycles. The van der Waals surface area contributed by atoms with Gasteiger partial charge in [-0.05, 0) is 12.8 Å². The summed E-state index contributed by atoms with van der Waals surface area (Å²) in [4.78, 5) is 13.5. The molecule has 1 saturated heterocycles. The van der Waals surface area contributed by atoms with E-state index in [0.29, 0.717) is 24.0 Å². The fourth-order valence-corrected chi connectivity index (χ4v) is 2.40. The first kappa shape index (κ1) is 11.5. The fraction of sp³-hybridized carbons (Fsp3) is 0.636. The molecule has 88 valence electrons. The Bertz CT molecular complexity index is 427. The minimum Gasteiger partial charge on any atom is -0.338 e. The molecule has 0 bridgehead atoms. The van der Waals surface area contributed by atoms with Crippen molar-refractivity contribution >= 4 is 17.5 Å². The minimum atomic E-state index is 0.215. The Hall–Kier alpha value is -1.03. The highest BCUT2D eigenvalue weighted by Gasteiger charge is 2.28. The Labute approximate surface area is 100 Å². The van der Waals surface area contributed by atoms with Crippen LogP contribution < -0.4 is 0 Å². The van der Waals surface area contributed by atoms with Gasteiger partial charge in [0.25, 0.3) is 0 Å². The van der Waals surface area contributed by atoms with Crippen LogP contribution in [-0.4, -0.2) is 27.1 Å². The van der Waals surface area contributed by atoms with Crippen molar-refractivity contribution < 1.29 is 4.79 Å². The summed E-state index contributed by atoms with van der Waals surface area (Å²) in [5, 5.41) is 4.87. The topological polar surface area (TPSA) is 38.1 Å². The predicted molar refractivity (Wildman–Crippen MR) is 62.2 cm³/mol. The number of nitrogens with zero attached hydrogens (tertiary/aromatic N) is 3. The van der Waals surface area contributed by atoms with Crippen molar-refractivity contribution in [2.75, 3.05) is 6.54 Å². The highest BCUT2D eigenvalue weighted by molar-refractivity contribution is 6.30. The van der Waals surface area contributed by atoms with Crippen LogP contribution in [0.4, 0.5) is 0 Å². The smallest absolute Gasteiger partial charge is 0.223 e. The highest BCUT2D eigenvalue weighted by Crippen LogP contribution is 2.24. The number of hydrogen-bond acceptors (Lipinski definition) is 2. The van der Waals surface area contributed by atoms with E-state index in [4.69, 9.17) is 11.6 Å². The zero-order valence-electron chi connectivity index (χ0n) is 9.83. The number of carbonyl (C=O) groups is 1. The third kappa shape index (κ3) is 1.94. The summed E-state index contributed by atoms with van der Waals surface area (Å²) in [6, 6.07) is 0. The number of likely N-dealkylation sites (tertiary alicyclic amines) is 1. The summed E-state index contributed by atoms with van der Waals surface area (Å²) in [6.07, 6.45) is 0.650. The Morgan fingerprint density at radius 2 is 2.25 bits per heavy atom. The third-order valence-corrected chi connectivity index (χ3v) is 3.50. The average molecular weight is 242 g/mol. The molecule has 4 nitrogen and oxygen atoms in total. The highest BCUT2D eigenvalue weighted by atomic mass is 35.5. The van der Waals surface area contributed by atoms with E-state index < -0.39 is 0 Å². The van der Waals surface area contributed by atoms with Crippen molar-refractivity contribution in [2.45, 2.75) is 26.8 Å². The molecule has 0 spiro atoms. The molecule has 0 radical (unpaired) electrons. The molecule has 0 aliphatic carbocycles. The van der Waals surface area contributed by atoms with Gasteiger partial charge in [-0.2, -0.15) is 5.10 Å². The number of aryl methyl sites for hydroxylation is 2. The maximum absolute atomic E-state index is 11.7. The van der Waals surface area contributed by atoms with Crippen molar-refractivity contribution in [2.24, 2.45) is 13.0 Å². The summed E-state index contributed by atoms with van der Waals surface area (Å²) in [7, 11) is 1.81. The minimum absolute atomic E-state index is 0.215. The summed E-state index contributed by atoms with van der Waals surface area (Å²) in [5.41, 5.74) is 1.87. The zero-order valence-corrected chi connectivity index (χ0v) is 10.6. The number of rotatable bonds is 2. The summed E-state index contributed by atoms with van der Waals surface area (Å²) in [6.45, 7) is 5.42. The summed E-state index contributed by atoms with van der Waals surface area (Å²) >= 11 is 6.14. The molecule has 1 aromatic heterocycles. The van der Waals surface area contributed by atoms with Gasteiger partial charge in [-0.25, -0.2) is 0 Å². The second-order valence-electron chi connectivity index (χ2n) is 4.56. The molecule has 16 heavy (non-hydrogen) atoms. The fourth-order valence-electron chi connectivity index (χ4n) is 2.17. The van der Waals surface area contributed by atoms with Gasteiger partial charge >= 0.3 is 0 Å². The van der Waals surface area contributed by atoms with E-state index in [1.165, 1.54) is 0 Å². The van der Waals surface area contributed by atoms with Gasteiger partial charge in [0.15, 0.2) is 0 Å². The van der Waals surface area contributed by atoms with Crippen molar-refractivity contribution in [3.05, 3.63) is 16.4 Å². The lowest BCUT2D eigenvalue weighted by molar-refractivity contribution is -0.128. The van der Waals surface area contributed by atoms with E-state index in [0.717, 1.165) is 17.8 Å². The Balaban J connectivity index is 2.18. The molecule has 1 amide bonds. The van der Waals surface area contributed by atoms with Crippen molar-refractivity contribution in [3.63, 3.8) is 0 Å². The maximum atomic E-state index is 11.7. The molecule has 1 unspecified atom stereocenters.